The van der Waals surface area contributed by atoms with Crippen molar-refractivity contribution in [2.24, 2.45) is 5.73 Å². The first-order valence-electron chi connectivity index (χ1n) is 5.14. The number of nitrogens with two attached hydrogens (primary N) is 1. The zero-order chi connectivity index (χ0) is 10.4. The van der Waals surface area contributed by atoms with Gasteiger partial charge in [0.2, 0.25) is 0 Å². The molecule has 1 atom stereocenters. The molecule has 1 aromatic carbocycles. The molecule has 0 aliphatic rings. The third-order valence-electron chi connectivity index (χ3n) is 2.46. The van der Waals surface area contributed by atoms with Crippen LogP contribution in [0.5, 0.6) is 5.75 Å². The molecule has 14 heavy (non-hydrogen) atoms. The molecule has 0 fully saturated rings. The van der Waals surface area contributed by atoms with E-state index in [1.54, 1.807) is 7.11 Å². The molecule has 1 rings (SSSR count). The fourth-order valence-corrected chi connectivity index (χ4v) is 1.38. The van der Waals surface area contributed by atoms with Crippen LogP contribution in [0.4, 0.5) is 0 Å². The van der Waals surface area contributed by atoms with Crippen LogP contribution in [0.3, 0.4) is 0 Å². The first-order valence-corrected chi connectivity index (χ1v) is 5.14. The molecule has 2 heteroatoms. The van der Waals surface area contributed by atoms with Gasteiger partial charge in [-0.15, -0.1) is 0 Å². The van der Waals surface area contributed by atoms with Crippen molar-refractivity contribution in [3.05, 3.63) is 29.8 Å². The summed E-state index contributed by atoms with van der Waals surface area (Å²) >= 11 is 0. The lowest BCUT2D eigenvalue weighted by atomic mass is 10.0. The molecule has 0 spiro atoms. The molecule has 1 unspecified atom stereocenters. The summed E-state index contributed by atoms with van der Waals surface area (Å²) in [6, 6.07) is 8.49. The van der Waals surface area contributed by atoms with Gasteiger partial charge in [-0.3, -0.25) is 0 Å². The van der Waals surface area contributed by atoms with Gasteiger partial charge in [-0.05, 0) is 37.0 Å². The van der Waals surface area contributed by atoms with Gasteiger partial charge in [-0.25, -0.2) is 0 Å². The number of ether oxygens (including phenoxy) is 1. The predicted octanol–water partition coefficient (Wildman–Crippen LogP) is 2.37. The van der Waals surface area contributed by atoms with Crippen molar-refractivity contribution in [2.75, 3.05) is 7.11 Å². The molecule has 0 aliphatic heterocycles. The summed E-state index contributed by atoms with van der Waals surface area (Å²) in [7, 11) is 1.69. The Morgan fingerprint density at radius 1 is 1.43 bits per heavy atom. The normalized spacial score (nSPS) is 12.5. The van der Waals surface area contributed by atoms with Gasteiger partial charge in [0.05, 0.1) is 7.11 Å². The average molecular weight is 193 g/mol. The maximum atomic E-state index is 5.86. The van der Waals surface area contributed by atoms with Gasteiger partial charge < -0.3 is 10.5 Å². The maximum absolute atomic E-state index is 5.86. The van der Waals surface area contributed by atoms with E-state index in [0.29, 0.717) is 6.04 Å². The average Bonchev–Trinajstić information content (AvgIpc) is 2.26. The minimum absolute atomic E-state index is 0.321. The Morgan fingerprint density at radius 2 is 2.21 bits per heavy atom. The van der Waals surface area contributed by atoms with Crippen LogP contribution in [-0.4, -0.2) is 13.2 Å². The lowest BCUT2D eigenvalue weighted by molar-refractivity contribution is 0.414. The van der Waals surface area contributed by atoms with Gasteiger partial charge in [0.15, 0.2) is 0 Å². The number of rotatable bonds is 5. The molecule has 2 N–H and O–H groups in total. The van der Waals surface area contributed by atoms with Crippen LogP contribution in [0.1, 0.15) is 25.3 Å². The first kappa shape index (κ1) is 11.1. The van der Waals surface area contributed by atoms with Crippen molar-refractivity contribution in [3.8, 4) is 5.75 Å². The monoisotopic (exact) mass is 193 g/mol. The molecule has 0 bridgehead atoms. The summed E-state index contributed by atoms with van der Waals surface area (Å²) in [4.78, 5) is 0. The molecule has 0 saturated heterocycles. The minimum Gasteiger partial charge on any atom is -0.497 e. The second-order valence-corrected chi connectivity index (χ2v) is 3.56. The number of hydrogen-bond donors (Lipinski definition) is 1. The third kappa shape index (κ3) is 3.38. The Balaban J connectivity index is 2.50. The number of methoxy groups -OCH3 is 1. The highest BCUT2D eigenvalue weighted by Crippen LogP contribution is 2.14. The second-order valence-electron chi connectivity index (χ2n) is 3.56. The van der Waals surface area contributed by atoms with E-state index in [2.05, 4.69) is 19.1 Å². The minimum atomic E-state index is 0.321. The van der Waals surface area contributed by atoms with E-state index in [1.807, 2.05) is 12.1 Å². The summed E-state index contributed by atoms with van der Waals surface area (Å²) in [5.41, 5.74) is 7.16. The van der Waals surface area contributed by atoms with Crippen molar-refractivity contribution >= 4 is 0 Å². The van der Waals surface area contributed by atoms with Crippen molar-refractivity contribution in [2.45, 2.75) is 32.2 Å². The Labute approximate surface area is 86.1 Å². The smallest absolute Gasteiger partial charge is 0.119 e. The highest BCUT2D eigenvalue weighted by molar-refractivity contribution is 5.28. The molecule has 0 saturated carbocycles. The van der Waals surface area contributed by atoms with Crippen LogP contribution in [0, 0.1) is 0 Å². The molecular weight excluding hydrogens is 174 g/mol. The highest BCUT2D eigenvalue weighted by Gasteiger charge is 2.00. The Hall–Kier alpha value is -1.02. The van der Waals surface area contributed by atoms with Gasteiger partial charge in [-0.1, -0.05) is 19.1 Å². The van der Waals surface area contributed by atoms with Gasteiger partial charge >= 0.3 is 0 Å². The quantitative estimate of drug-likeness (QED) is 0.779. The zero-order valence-electron chi connectivity index (χ0n) is 8.99. The number of benzene rings is 1. The number of hydrogen-bond acceptors (Lipinski definition) is 2. The molecule has 1 aromatic rings. The van der Waals surface area contributed by atoms with Crippen LogP contribution in [-0.2, 0) is 6.42 Å². The Bertz CT molecular complexity index is 273. The topological polar surface area (TPSA) is 35.2 Å². The molecule has 2 nitrogen and oxygen atoms in total. The largest absolute Gasteiger partial charge is 0.497 e. The first-order chi connectivity index (χ1) is 6.76. The predicted molar refractivity (Wildman–Crippen MR) is 59.6 cm³/mol. The third-order valence-corrected chi connectivity index (χ3v) is 2.46. The van der Waals surface area contributed by atoms with Crippen LogP contribution in [0.2, 0.25) is 0 Å². The molecule has 0 heterocycles. The molecular formula is C12H19NO. The van der Waals surface area contributed by atoms with Gasteiger partial charge in [0.1, 0.15) is 5.75 Å². The standard InChI is InChI=1S/C12H19NO/c1-3-11(13)8-7-10-5-4-6-12(9-10)14-2/h4-6,9,11H,3,7-8,13H2,1-2H3. The van der Waals surface area contributed by atoms with Crippen LogP contribution >= 0.6 is 0 Å². The number of aryl methyl sites for hydroxylation is 1. The fourth-order valence-electron chi connectivity index (χ4n) is 1.38. The van der Waals surface area contributed by atoms with E-state index in [1.165, 1.54) is 5.56 Å². The van der Waals surface area contributed by atoms with E-state index >= 15 is 0 Å². The molecule has 0 radical (unpaired) electrons. The fraction of sp³-hybridized carbons (Fsp3) is 0.500. The maximum Gasteiger partial charge on any atom is 0.119 e. The van der Waals surface area contributed by atoms with E-state index in [4.69, 9.17) is 10.5 Å². The van der Waals surface area contributed by atoms with Crippen LogP contribution < -0.4 is 10.5 Å². The van der Waals surface area contributed by atoms with E-state index in [9.17, 15) is 0 Å². The molecule has 78 valence electrons. The second kappa shape index (κ2) is 5.66. The van der Waals surface area contributed by atoms with Gasteiger partial charge in [-0.2, -0.15) is 0 Å². The summed E-state index contributed by atoms with van der Waals surface area (Å²) in [6.07, 6.45) is 3.12. The molecule has 0 aliphatic carbocycles. The lowest BCUT2D eigenvalue weighted by Crippen LogP contribution is -2.19. The van der Waals surface area contributed by atoms with Gasteiger partial charge in [0, 0.05) is 6.04 Å². The molecule has 0 amide bonds. The summed E-state index contributed by atoms with van der Waals surface area (Å²) < 4.78 is 5.16. The van der Waals surface area contributed by atoms with E-state index in [0.717, 1.165) is 25.0 Å². The summed E-state index contributed by atoms with van der Waals surface area (Å²) in [5, 5.41) is 0. The van der Waals surface area contributed by atoms with E-state index < -0.39 is 0 Å². The van der Waals surface area contributed by atoms with Crippen LogP contribution in [0.15, 0.2) is 24.3 Å². The van der Waals surface area contributed by atoms with Crippen molar-refractivity contribution in [3.63, 3.8) is 0 Å². The summed E-state index contributed by atoms with van der Waals surface area (Å²) in [6.45, 7) is 2.12. The Kier molecular flexibility index (Phi) is 4.47. The highest BCUT2D eigenvalue weighted by atomic mass is 16.5. The zero-order valence-corrected chi connectivity index (χ0v) is 8.99. The van der Waals surface area contributed by atoms with Crippen molar-refractivity contribution < 1.29 is 4.74 Å². The van der Waals surface area contributed by atoms with E-state index in [-0.39, 0.29) is 0 Å². The van der Waals surface area contributed by atoms with Crippen LogP contribution in [0.25, 0.3) is 0 Å². The Morgan fingerprint density at radius 3 is 2.86 bits per heavy atom. The molecule has 0 aromatic heterocycles. The van der Waals surface area contributed by atoms with Crippen molar-refractivity contribution in [1.29, 1.82) is 0 Å². The SMILES string of the molecule is CCC(N)CCc1cccc(OC)c1. The lowest BCUT2D eigenvalue weighted by Gasteiger charge is -2.08. The summed E-state index contributed by atoms with van der Waals surface area (Å²) in [5.74, 6) is 0.924. The van der Waals surface area contributed by atoms with Crippen molar-refractivity contribution in [1.82, 2.24) is 0 Å². The van der Waals surface area contributed by atoms with Gasteiger partial charge in [0.25, 0.3) is 0 Å².